The third-order valence-corrected chi connectivity index (χ3v) is 4.63. The first-order chi connectivity index (χ1) is 13.1. The standard InChI is InChI=1S/C21H23NO5/c1-25-18-10-6-9-16-15(13-27-20(16)18)12-19(23)22-17(21(24)26-2)11-14-7-4-3-5-8-14/h3-10,15,17H,11-13H2,1-2H3,(H,22,23)/t15?,17-/m0/s1. The topological polar surface area (TPSA) is 73.9 Å². The molecule has 2 atom stereocenters. The van der Waals surface area contributed by atoms with E-state index in [2.05, 4.69) is 5.32 Å². The molecule has 142 valence electrons. The Morgan fingerprint density at radius 2 is 1.93 bits per heavy atom. The molecule has 0 saturated heterocycles. The number of para-hydroxylation sites is 1. The molecular weight excluding hydrogens is 346 g/mol. The van der Waals surface area contributed by atoms with Gasteiger partial charge in [0, 0.05) is 24.3 Å². The summed E-state index contributed by atoms with van der Waals surface area (Å²) in [4.78, 5) is 24.7. The lowest BCUT2D eigenvalue weighted by Gasteiger charge is -2.18. The highest BCUT2D eigenvalue weighted by Crippen LogP contribution is 2.42. The van der Waals surface area contributed by atoms with Crippen molar-refractivity contribution in [1.82, 2.24) is 5.32 Å². The van der Waals surface area contributed by atoms with Crippen LogP contribution >= 0.6 is 0 Å². The lowest BCUT2D eigenvalue weighted by atomic mass is 9.97. The molecule has 27 heavy (non-hydrogen) atoms. The number of hydrogen-bond acceptors (Lipinski definition) is 5. The Bertz CT molecular complexity index is 805. The van der Waals surface area contributed by atoms with E-state index in [0.29, 0.717) is 24.5 Å². The van der Waals surface area contributed by atoms with E-state index in [-0.39, 0.29) is 18.2 Å². The first kappa shape index (κ1) is 18.8. The van der Waals surface area contributed by atoms with Crippen molar-refractivity contribution in [3.8, 4) is 11.5 Å². The molecule has 3 rings (SSSR count). The van der Waals surface area contributed by atoms with Crippen LogP contribution in [0, 0.1) is 0 Å². The van der Waals surface area contributed by atoms with E-state index >= 15 is 0 Å². The molecule has 0 aromatic heterocycles. The van der Waals surface area contributed by atoms with Gasteiger partial charge in [0.1, 0.15) is 6.04 Å². The van der Waals surface area contributed by atoms with Crippen molar-refractivity contribution < 1.29 is 23.8 Å². The molecule has 0 spiro atoms. The largest absolute Gasteiger partial charge is 0.493 e. The SMILES string of the molecule is COC(=O)[C@H](Cc1ccccc1)NC(=O)CC1COc2c(OC)cccc21. The van der Waals surface area contributed by atoms with Gasteiger partial charge in [-0.15, -0.1) is 0 Å². The number of benzene rings is 2. The van der Waals surface area contributed by atoms with Crippen LogP contribution in [0.25, 0.3) is 0 Å². The summed E-state index contributed by atoms with van der Waals surface area (Å²) in [6, 6.07) is 14.4. The number of nitrogens with one attached hydrogen (secondary N) is 1. The fourth-order valence-corrected chi connectivity index (χ4v) is 3.27. The van der Waals surface area contributed by atoms with Crippen LogP contribution in [0.2, 0.25) is 0 Å². The number of ether oxygens (including phenoxy) is 3. The number of rotatable bonds is 7. The second-order valence-corrected chi connectivity index (χ2v) is 6.42. The Morgan fingerprint density at radius 3 is 2.63 bits per heavy atom. The van der Waals surface area contributed by atoms with Gasteiger partial charge in [-0.05, 0) is 11.6 Å². The highest BCUT2D eigenvalue weighted by atomic mass is 16.5. The summed E-state index contributed by atoms with van der Waals surface area (Å²) in [6.07, 6.45) is 0.604. The van der Waals surface area contributed by atoms with Crippen molar-refractivity contribution in [2.45, 2.75) is 24.8 Å². The number of methoxy groups -OCH3 is 2. The number of amides is 1. The van der Waals surface area contributed by atoms with Gasteiger partial charge in [-0.1, -0.05) is 42.5 Å². The Labute approximate surface area is 158 Å². The summed E-state index contributed by atoms with van der Waals surface area (Å²) in [5.41, 5.74) is 1.90. The summed E-state index contributed by atoms with van der Waals surface area (Å²) in [6.45, 7) is 0.407. The van der Waals surface area contributed by atoms with E-state index in [0.717, 1.165) is 11.1 Å². The summed E-state index contributed by atoms with van der Waals surface area (Å²) in [5.74, 6) is 0.589. The zero-order valence-electron chi connectivity index (χ0n) is 15.4. The molecule has 0 saturated carbocycles. The second kappa shape index (κ2) is 8.58. The lowest BCUT2D eigenvalue weighted by Crippen LogP contribution is -2.43. The molecule has 0 aliphatic carbocycles. The van der Waals surface area contributed by atoms with Crippen molar-refractivity contribution in [2.75, 3.05) is 20.8 Å². The number of carbonyl (C=O) groups is 2. The van der Waals surface area contributed by atoms with Gasteiger partial charge in [0.15, 0.2) is 11.5 Å². The zero-order chi connectivity index (χ0) is 19.2. The first-order valence-corrected chi connectivity index (χ1v) is 8.83. The van der Waals surface area contributed by atoms with Crippen LogP contribution in [0.1, 0.15) is 23.5 Å². The molecule has 0 bridgehead atoms. The first-order valence-electron chi connectivity index (χ1n) is 8.83. The molecule has 1 aliphatic heterocycles. The van der Waals surface area contributed by atoms with Gasteiger partial charge < -0.3 is 19.5 Å². The molecule has 1 amide bonds. The van der Waals surface area contributed by atoms with E-state index in [1.807, 2.05) is 48.5 Å². The zero-order valence-corrected chi connectivity index (χ0v) is 15.4. The fourth-order valence-electron chi connectivity index (χ4n) is 3.27. The molecule has 1 aliphatic rings. The van der Waals surface area contributed by atoms with Gasteiger partial charge in [-0.25, -0.2) is 4.79 Å². The van der Waals surface area contributed by atoms with E-state index in [4.69, 9.17) is 14.2 Å². The van der Waals surface area contributed by atoms with E-state index in [1.165, 1.54) is 7.11 Å². The molecule has 0 radical (unpaired) electrons. The van der Waals surface area contributed by atoms with Gasteiger partial charge in [0.05, 0.1) is 20.8 Å². The molecule has 6 heteroatoms. The Kier molecular flexibility index (Phi) is 5.96. The average Bonchev–Trinajstić information content (AvgIpc) is 3.10. The number of carbonyl (C=O) groups excluding carboxylic acids is 2. The second-order valence-electron chi connectivity index (χ2n) is 6.42. The molecule has 6 nitrogen and oxygen atoms in total. The molecule has 0 fully saturated rings. The maximum absolute atomic E-state index is 12.6. The smallest absolute Gasteiger partial charge is 0.328 e. The van der Waals surface area contributed by atoms with Crippen LogP contribution in [0.4, 0.5) is 0 Å². The van der Waals surface area contributed by atoms with E-state index < -0.39 is 12.0 Å². The summed E-state index contributed by atoms with van der Waals surface area (Å²) < 4.78 is 15.9. The third-order valence-electron chi connectivity index (χ3n) is 4.63. The van der Waals surface area contributed by atoms with Crippen molar-refractivity contribution in [1.29, 1.82) is 0 Å². The Morgan fingerprint density at radius 1 is 1.15 bits per heavy atom. The highest BCUT2D eigenvalue weighted by Gasteiger charge is 2.30. The minimum atomic E-state index is -0.725. The molecule has 1 N–H and O–H groups in total. The monoisotopic (exact) mass is 369 g/mol. The third kappa shape index (κ3) is 4.39. The van der Waals surface area contributed by atoms with Gasteiger partial charge in [-0.3, -0.25) is 4.79 Å². The van der Waals surface area contributed by atoms with Crippen molar-refractivity contribution in [3.63, 3.8) is 0 Å². The number of fused-ring (bicyclic) bond motifs is 1. The van der Waals surface area contributed by atoms with Gasteiger partial charge in [-0.2, -0.15) is 0 Å². The summed E-state index contributed by atoms with van der Waals surface area (Å²) >= 11 is 0. The Balaban J connectivity index is 1.66. The quantitative estimate of drug-likeness (QED) is 0.759. The molecule has 2 aromatic rings. The lowest BCUT2D eigenvalue weighted by molar-refractivity contribution is -0.145. The van der Waals surface area contributed by atoms with Crippen LogP contribution in [0.5, 0.6) is 11.5 Å². The highest BCUT2D eigenvalue weighted by molar-refractivity contribution is 5.85. The number of hydrogen-bond donors (Lipinski definition) is 1. The average molecular weight is 369 g/mol. The summed E-state index contributed by atoms with van der Waals surface area (Å²) in [7, 11) is 2.91. The van der Waals surface area contributed by atoms with Crippen molar-refractivity contribution >= 4 is 11.9 Å². The van der Waals surface area contributed by atoms with Crippen LogP contribution in [-0.2, 0) is 20.7 Å². The van der Waals surface area contributed by atoms with Crippen LogP contribution < -0.4 is 14.8 Å². The molecule has 1 unspecified atom stereocenters. The van der Waals surface area contributed by atoms with Gasteiger partial charge >= 0.3 is 5.97 Å². The van der Waals surface area contributed by atoms with Crippen LogP contribution in [-0.4, -0.2) is 38.7 Å². The maximum Gasteiger partial charge on any atom is 0.328 e. The minimum Gasteiger partial charge on any atom is -0.493 e. The van der Waals surface area contributed by atoms with E-state index in [1.54, 1.807) is 7.11 Å². The van der Waals surface area contributed by atoms with Gasteiger partial charge in [0.2, 0.25) is 5.91 Å². The van der Waals surface area contributed by atoms with Gasteiger partial charge in [0.25, 0.3) is 0 Å². The minimum absolute atomic E-state index is 0.0786. The van der Waals surface area contributed by atoms with Crippen LogP contribution in [0.3, 0.4) is 0 Å². The predicted octanol–water partition coefficient (Wildman–Crippen LogP) is 2.46. The molecular formula is C21H23NO5. The molecule has 1 heterocycles. The molecule has 2 aromatic carbocycles. The predicted molar refractivity (Wildman–Crippen MR) is 99.9 cm³/mol. The van der Waals surface area contributed by atoms with Crippen molar-refractivity contribution in [2.24, 2.45) is 0 Å². The Hall–Kier alpha value is -3.02. The van der Waals surface area contributed by atoms with Crippen LogP contribution in [0.15, 0.2) is 48.5 Å². The van der Waals surface area contributed by atoms with Crippen molar-refractivity contribution in [3.05, 3.63) is 59.7 Å². The maximum atomic E-state index is 12.6. The number of esters is 1. The summed E-state index contributed by atoms with van der Waals surface area (Å²) in [5, 5.41) is 2.80. The fraction of sp³-hybridized carbons (Fsp3) is 0.333. The van der Waals surface area contributed by atoms with E-state index in [9.17, 15) is 9.59 Å². The normalized spacial score (nSPS) is 16.0.